The van der Waals surface area contributed by atoms with Crippen LogP contribution in [0.25, 0.3) is 0 Å². The summed E-state index contributed by atoms with van der Waals surface area (Å²) in [5, 5.41) is 0. The average molecular weight is 227 g/mol. The maximum Gasteiger partial charge on any atom is 0.379 e. The van der Waals surface area contributed by atoms with Crippen LogP contribution in [0.4, 0.5) is 13.2 Å². The van der Waals surface area contributed by atoms with Gasteiger partial charge in [0.15, 0.2) is 0 Å². The molecule has 0 spiro atoms. The number of aromatic nitrogens is 2. The number of halogens is 3. The Balaban J connectivity index is 0. The zero-order valence-corrected chi connectivity index (χ0v) is 8.67. The van der Waals surface area contributed by atoms with Gasteiger partial charge in [0.05, 0.1) is 5.69 Å². The van der Waals surface area contributed by atoms with Crippen molar-refractivity contribution in [3.63, 3.8) is 0 Å². The van der Waals surface area contributed by atoms with Crippen molar-refractivity contribution in [2.45, 2.75) is 26.9 Å². The molecule has 0 amide bonds. The zero-order valence-electron chi connectivity index (χ0n) is 7.85. The van der Waals surface area contributed by atoms with E-state index in [1.54, 1.807) is 0 Å². The number of nitrogens with zero attached hydrogens (tertiary/aromatic N) is 1. The van der Waals surface area contributed by atoms with E-state index in [0.29, 0.717) is 0 Å². The van der Waals surface area contributed by atoms with Gasteiger partial charge >= 0.3 is 6.68 Å². The van der Waals surface area contributed by atoms with Gasteiger partial charge in [-0.2, -0.15) is 13.2 Å². The fourth-order valence-corrected chi connectivity index (χ4v) is 0.649. The highest BCUT2D eigenvalue weighted by atomic mass is 32.1. The quantitative estimate of drug-likeness (QED) is 0.775. The van der Waals surface area contributed by atoms with Crippen LogP contribution in [-0.4, -0.2) is 16.6 Å². The predicted molar refractivity (Wildman–Crippen MR) is 49.9 cm³/mol. The maximum atomic E-state index is 9.67. The highest BCUT2D eigenvalue weighted by Gasteiger charge is 1.89. The fourth-order valence-electron chi connectivity index (χ4n) is 0.649. The van der Waals surface area contributed by atoms with Gasteiger partial charge in [0.25, 0.3) is 0 Å². The molecule has 1 rings (SSSR count). The fraction of sp³-hybridized carbons (Fsp3) is 0.571. The number of imidazole rings is 1. The molecule has 82 valence electrons. The molecule has 0 radical (unpaired) electrons. The molecule has 0 aromatic carbocycles. The number of H-pyrrole nitrogens is 1. The Bertz CT molecular complexity index is 227. The van der Waals surface area contributed by atoms with Gasteiger partial charge in [0, 0.05) is 18.6 Å². The van der Waals surface area contributed by atoms with E-state index in [1.165, 1.54) is 0 Å². The molecule has 0 bridgehead atoms. The van der Waals surface area contributed by atoms with E-state index >= 15 is 0 Å². The molecule has 0 aliphatic carbocycles. The lowest BCUT2D eigenvalue weighted by atomic mass is 10.4. The largest absolute Gasteiger partial charge is 0.379 e. The van der Waals surface area contributed by atoms with Gasteiger partial charge in [-0.05, 0) is 13.3 Å². The van der Waals surface area contributed by atoms with Crippen LogP contribution in [0.15, 0.2) is 6.20 Å². The van der Waals surface area contributed by atoms with Crippen molar-refractivity contribution >= 4 is 12.4 Å². The summed E-state index contributed by atoms with van der Waals surface area (Å²) in [6.07, 6.45) is 2.96. The minimum absolute atomic E-state index is 1.00. The minimum Gasteiger partial charge on any atom is -0.349 e. The van der Waals surface area contributed by atoms with E-state index in [-0.39, 0.29) is 0 Å². The summed E-state index contributed by atoms with van der Waals surface area (Å²) in [5.41, 5.74) is 1.14. The summed E-state index contributed by atoms with van der Waals surface area (Å²) in [7, 11) is 0. The van der Waals surface area contributed by atoms with Crippen molar-refractivity contribution < 1.29 is 13.2 Å². The molecule has 2 N–H and O–H groups in total. The molecule has 3 nitrogen and oxygen atoms in total. The van der Waals surface area contributed by atoms with Crippen LogP contribution in [0, 0.1) is 11.7 Å². The summed E-state index contributed by atoms with van der Waals surface area (Å²) in [4.78, 5) is 7.18. The van der Waals surface area contributed by atoms with Gasteiger partial charge in [-0.1, -0.05) is 6.92 Å². The summed E-state index contributed by atoms with van der Waals surface area (Å²) < 4.78 is 34.3. The van der Waals surface area contributed by atoms with Gasteiger partial charge in [-0.25, -0.2) is 9.76 Å². The highest BCUT2D eigenvalue weighted by molar-refractivity contribution is 7.45. The van der Waals surface area contributed by atoms with E-state index in [2.05, 4.69) is 29.3 Å². The van der Waals surface area contributed by atoms with Crippen molar-refractivity contribution in [3.05, 3.63) is 17.7 Å². The lowest BCUT2D eigenvalue weighted by Gasteiger charge is -1.79. The van der Waals surface area contributed by atoms with Gasteiger partial charge in [0.1, 0.15) is 5.82 Å². The lowest BCUT2D eigenvalue weighted by Crippen LogP contribution is -1.76. The Hall–Kier alpha value is -0.980. The first kappa shape index (κ1) is 15.5. The Kier molecular flexibility index (Phi) is 11.2. The summed E-state index contributed by atoms with van der Waals surface area (Å²) >= 11 is 3.33. The molecular formula is C7H12F3N3S. The highest BCUT2D eigenvalue weighted by Crippen LogP contribution is 1.94. The summed E-state index contributed by atoms with van der Waals surface area (Å²) in [6, 6.07) is 0. The summed E-state index contributed by atoms with van der Waals surface area (Å²) in [6.45, 7) is 0.384. The molecule has 0 unspecified atom stereocenters. The minimum atomic E-state index is -3.67. The predicted octanol–water partition coefficient (Wildman–Crippen LogP) is 2.75. The van der Waals surface area contributed by atoms with Crippen LogP contribution in [0.3, 0.4) is 0 Å². The Morgan fingerprint density at radius 1 is 1.50 bits per heavy atom. The molecular weight excluding hydrogens is 215 g/mol. The molecule has 14 heavy (non-hydrogen) atoms. The Morgan fingerprint density at radius 3 is 2.07 bits per heavy atom. The second kappa shape index (κ2) is 10.1. The van der Waals surface area contributed by atoms with Crippen molar-refractivity contribution in [2.24, 2.45) is 0 Å². The van der Waals surface area contributed by atoms with Crippen molar-refractivity contribution in [2.75, 3.05) is 0 Å². The number of hydrogen-bond acceptors (Lipinski definition) is 3. The molecule has 1 heterocycles. The normalized spacial score (nSPS) is 8.43. The zero-order chi connectivity index (χ0) is 11.6. The lowest BCUT2D eigenvalue weighted by molar-refractivity contribution is 0.00819. The van der Waals surface area contributed by atoms with E-state index in [4.69, 9.17) is 4.78 Å². The number of aromatic amines is 1. The van der Waals surface area contributed by atoms with Gasteiger partial charge < -0.3 is 4.98 Å². The maximum absolute atomic E-state index is 9.67. The SMILES string of the molecule is CCc1c[nH]c(C)n1.FC(F)F.N=S. The monoisotopic (exact) mass is 227 g/mol. The van der Waals surface area contributed by atoms with Crippen molar-refractivity contribution in [3.8, 4) is 0 Å². The van der Waals surface area contributed by atoms with Crippen LogP contribution < -0.4 is 0 Å². The van der Waals surface area contributed by atoms with E-state index in [9.17, 15) is 13.2 Å². The second-order valence-corrected chi connectivity index (χ2v) is 2.08. The topological polar surface area (TPSA) is 52.5 Å². The number of aryl methyl sites for hydroxylation is 2. The van der Waals surface area contributed by atoms with Gasteiger partial charge in [-0.15, -0.1) is 0 Å². The van der Waals surface area contributed by atoms with Crippen LogP contribution in [0.2, 0.25) is 0 Å². The summed E-state index contributed by atoms with van der Waals surface area (Å²) in [5.74, 6) is 1.00. The molecule has 7 heteroatoms. The standard InChI is InChI=1S/C6H10N2.CHF3.HNS/c1-3-6-4-7-5(2)8-6;2-1(3)4;1-2/h4H,3H2,1-2H3,(H,7,8);1H;1H. The van der Waals surface area contributed by atoms with E-state index in [1.807, 2.05) is 13.1 Å². The number of alkyl halides is 3. The molecule has 0 aliphatic heterocycles. The molecule has 1 aromatic heterocycles. The molecule has 0 aliphatic rings. The van der Waals surface area contributed by atoms with Gasteiger partial charge in [0.2, 0.25) is 0 Å². The molecule has 0 saturated heterocycles. The van der Waals surface area contributed by atoms with Crippen LogP contribution in [-0.2, 0) is 18.8 Å². The smallest absolute Gasteiger partial charge is 0.349 e. The first-order valence-electron chi connectivity index (χ1n) is 3.69. The number of hydrogen-bond donors (Lipinski definition) is 2. The van der Waals surface area contributed by atoms with Crippen LogP contribution in [0.1, 0.15) is 18.4 Å². The first-order chi connectivity index (χ1) is 6.56. The average Bonchev–Trinajstić information content (AvgIpc) is 2.54. The number of rotatable bonds is 1. The Labute approximate surface area is 85.7 Å². The Morgan fingerprint density at radius 2 is 1.93 bits per heavy atom. The molecule has 0 atom stereocenters. The number of nitrogens with one attached hydrogen (secondary N) is 2. The van der Waals surface area contributed by atoms with Gasteiger partial charge in [-0.3, -0.25) is 0 Å². The molecule has 1 aromatic rings. The second-order valence-electron chi connectivity index (χ2n) is 2.08. The third-order valence-corrected chi connectivity index (χ3v) is 1.12. The van der Waals surface area contributed by atoms with E-state index < -0.39 is 6.68 Å². The third kappa shape index (κ3) is 11.0. The van der Waals surface area contributed by atoms with Crippen molar-refractivity contribution in [1.82, 2.24) is 9.97 Å². The molecule has 0 fully saturated rings. The van der Waals surface area contributed by atoms with Crippen LogP contribution in [0.5, 0.6) is 0 Å². The first-order valence-corrected chi connectivity index (χ1v) is 4.10. The van der Waals surface area contributed by atoms with Crippen molar-refractivity contribution in [1.29, 1.82) is 4.78 Å². The van der Waals surface area contributed by atoms with Crippen LogP contribution >= 0.6 is 0 Å². The van der Waals surface area contributed by atoms with E-state index in [0.717, 1.165) is 17.9 Å². The molecule has 0 saturated carbocycles. The third-order valence-electron chi connectivity index (χ3n) is 1.12.